The van der Waals surface area contributed by atoms with E-state index in [0.29, 0.717) is 47.1 Å². The number of hydrogen-bond acceptors (Lipinski definition) is 7. The van der Waals surface area contributed by atoms with Crippen LogP contribution in [0, 0.1) is 5.82 Å². The molecule has 0 unspecified atom stereocenters. The molecule has 3 aliphatic rings. The molecule has 1 aliphatic carbocycles. The summed E-state index contributed by atoms with van der Waals surface area (Å²) in [5, 5.41) is 24.2. The van der Waals surface area contributed by atoms with Crippen molar-refractivity contribution in [2.45, 2.75) is 44.6 Å². The number of aliphatic hydroxyl groups is 1. The molecule has 4 aromatic rings. The molecule has 1 aromatic carbocycles. The highest BCUT2D eigenvalue weighted by atomic mass is 32.1. The number of carbonyl (C=O) groups excluding carboxylic acids is 1. The zero-order valence-corrected chi connectivity index (χ0v) is 23.5. The fourth-order valence-corrected chi connectivity index (χ4v) is 7.63. The van der Waals surface area contributed by atoms with Crippen LogP contribution in [0.25, 0.3) is 11.1 Å². The summed E-state index contributed by atoms with van der Waals surface area (Å²) in [6.07, 6.45) is 6.63. The van der Waals surface area contributed by atoms with Crippen LogP contribution in [0.5, 0.6) is 0 Å². The first-order valence-electron chi connectivity index (χ1n) is 14.0. The van der Waals surface area contributed by atoms with E-state index >= 15 is 4.39 Å². The Kier molecular flexibility index (Phi) is 6.52. The molecule has 1 fully saturated rings. The van der Waals surface area contributed by atoms with Crippen molar-refractivity contribution in [3.8, 4) is 11.1 Å². The van der Waals surface area contributed by atoms with Crippen LogP contribution in [-0.2, 0) is 32.9 Å². The number of aromatic amines is 1. The van der Waals surface area contributed by atoms with Crippen LogP contribution < -0.4 is 21.1 Å². The van der Waals surface area contributed by atoms with Crippen molar-refractivity contribution in [1.29, 1.82) is 0 Å². The predicted octanol–water partition coefficient (Wildman–Crippen LogP) is 3.98. The smallest absolute Gasteiger partial charge is 0.274 e. The van der Waals surface area contributed by atoms with E-state index in [2.05, 4.69) is 20.8 Å². The van der Waals surface area contributed by atoms with Crippen molar-refractivity contribution in [1.82, 2.24) is 20.1 Å². The molecule has 0 bridgehead atoms. The quantitative estimate of drug-likeness (QED) is 0.277. The number of hydrogen-bond donors (Lipinski definition) is 4. The second-order valence-corrected chi connectivity index (χ2v) is 12.2. The number of fused-ring (bicyclic) bond motifs is 3. The van der Waals surface area contributed by atoms with Gasteiger partial charge in [0.2, 0.25) is 0 Å². The molecule has 11 heteroatoms. The maximum Gasteiger partial charge on any atom is 0.274 e. The third-order valence-electron chi connectivity index (χ3n) is 8.52. The van der Waals surface area contributed by atoms with E-state index in [1.165, 1.54) is 27.1 Å². The minimum atomic E-state index is -0.523. The van der Waals surface area contributed by atoms with E-state index in [-0.39, 0.29) is 17.2 Å². The summed E-state index contributed by atoms with van der Waals surface area (Å²) in [5.74, 6) is 0.205. The summed E-state index contributed by atoms with van der Waals surface area (Å²) in [6.45, 7) is 1.77. The molecule has 4 N–H and O–H groups in total. The predicted molar refractivity (Wildman–Crippen MR) is 157 cm³/mol. The van der Waals surface area contributed by atoms with Crippen molar-refractivity contribution < 1.29 is 14.3 Å². The fraction of sp³-hybridized carbons (Fsp3) is 0.367. The van der Waals surface area contributed by atoms with Crippen LogP contribution >= 0.6 is 11.3 Å². The molecule has 1 amide bonds. The second-order valence-electron chi connectivity index (χ2n) is 11.1. The highest BCUT2D eigenvalue weighted by Crippen LogP contribution is 2.41. The Morgan fingerprint density at radius 2 is 1.95 bits per heavy atom. The number of halogens is 1. The number of nitrogens with one attached hydrogen (secondary N) is 3. The molecule has 5 heterocycles. The van der Waals surface area contributed by atoms with E-state index < -0.39 is 12.4 Å². The molecule has 9 nitrogen and oxygen atoms in total. The van der Waals surface area contributed by atoms with Gasteiger partial charge in [0.1, 0.15) is 11.5 Å². The van der Waals surface area contributed by atoms with Crippen LogP contribution in [0.2, 0.25) is 0 Å². The fourth-order valence-electron chi connectivity index (χ4n) is 6.24. The minimum Gasteiger partial charge on any atom is -0.392 e. The lowest BCUT2D eigenvalue weighted by atomic mass is 9.91. The van der Waals surface area contributed by atoms with Gasteiger partial charge in [0, 0.05) is 66.6 Å². The van der Waals surface area contributed by atoms with E-state index in [1.54, 1.807) is 35.5 Å². The number of aliphatic hydroxyl groups excluding tert-OH is 1. The zero-order valence-electron chi connectivity index (χ0n) is 22.7. The number of nitrogens with zero attached hydrogens (tertiary/aromatic N) is 3. The molecule has 41 heavy (non-hydrogen) atoms. The van der Waals surface area contributed by atoms with Crippen molar-refractivity contribution in [3.05, 3.63) is 78.8 Å². The van der Waals surface area contributed by atoms with Gasteiger partial charge in [-0.15, -0.1) is 11.3 Å². The molecule has 212 valence electrons. The third-order valence-corrected chi connectivity index (χ3v) is 9.84. The highest BCUT2D eigenvalue weighted by Gasteiger charge is 2.33. The molecule has 0 spiro atoms. The molecule has 0 saturated carbocycles. The first-order chi connectivity index (χ1) is 19.9. The number of rotatable bonds is 6. The number of aromatic nitrogens is 3. The van der Waals surface area contributed by atoms with E-state index in [1.807, 2.05) is 6.07 Å². The average molecular weight is 575 g/mol. The van der Waals surface area contributed by atoms with Gasteiger partial charge < -0.3 is 25.2 Å². The Bertz CT molecular complexity index is 1740. The Morgan fingerprint density at radius 1 is 1.12 bits per heavy atom. The van der Waals surface area contributed by atoms with Gasteiger partial charge in [-0.3, -0.25) is 14.7 Å². The maximum absolute atomic E-state index is 15.2. The lowest BCUT2D eigenvalue weighted by molar-refractivity contribution is 0.0984. The number of thiophene rings is 1. The second kappa shape index (κ2) is 10.2. The third kappa shape index (κ3) is 4.48. The van der Waals surface area contributed by atoms with E-state index in [9.17, 15) is 14.7 Å². The summed E-state index contributed by atoms with van der Waals surface area (Å²) in [4.78, 5) is 30.4. The highest BCUT2D eigenvalue weighted by molar-refractivity contribution is 7.14. The lowest BCUT2D eigenvalue weighted by Gasteiger charge is -2.30. The summed E-state index contributed by atoms with van der Waals surface area (Å²) in [6, 6.07) is 6.20. The molecule has 2 aliphatic heterocycles. The molecule has 1 saturated heterocycles. The van der Waals surface area contributed by atoms with Crippen molar-refractivity contribution in [2.24, 2.45) is 7.05 Å². The van der Waals surface area contributed by atoms with Gasteiger partial charge in [-0.1, -0.05) is 0 Å². The van der Waals surface area contributed by atoms with Gasteiger partial charge in [0.25, 0.3) is 11.5 Å². The Balaban J connectivity index is 1.26. The Hall–Kier alpha value is -3.80. The summed E-state index contributed by atoms with van der Waals surface area (Å²) >= 11 is 1.57. The van der Waals surface area contributed by atoms with E-state index in [4.69, 9.17) is 0 Å². The largest absolute Gasteiger partial charge is 0.392 e. The molecule has 0 atom stereocenters. The molecule has 3 aromatic heterocycles. The van der Waals surface area contributed by atoms with Crippen LogP contribution in [0.15, 0.2) is 35.3 Å². The van der Waals surface area contributed by atoms with Crippen molar-refractivity contribution in [2.75, 3.05) is 29.9 Å². The first kappa shape index (κ1) is 26.1. The monoisotopic (exact) mass is 574 g/mol. The summed E-state index contributed by atoms with van der Waals surface area (Å²) in [7, 11) is 1.63. The molecule has 0 radical (unpaired) electrons. The van der Waals surface area contributed by atoms with Gasteiger partial charge in [-0.05, 0) is 67.0 Å². The van der Waals surface area contributed by atoms with E-state index in [0.717, 1.165) is 54.9 Å². The Labute approximate surface area is 240 Å². The molecule has 7 rings (SSSR count). The first-order valence-corrected chi connectivity index (χ1v) is 14.9. The Morgan fingerprint density at radius 3 is 2.73 bits per heavy atom. The topological polar surface area (TPSA) is 115 Å². The minimum absolute atomic E-state index is 0.143. The molecular formula is C30H31FN6O3S. The van der Waals surface area contributed by atoms with Crippen molar-refractivity contribution >= 4 is 34.4 Å². The summed E-state index contributed by atoms with van der Waals surface area (Å²) in [5.41, 5.74) is 5.23. The van der Waals surface area contributed by atoms with Crippen LogP contribution in [-0.4, -0.2) is 45.4 Å². The number of benzene rings is 1. The van der Waals surface area contributed by atoms with Crippen LogP contribution in [0.1, 0.15) is 55.7 Å². The van der Waals surface area contributed by atoms with Gasteiger partial charge in [0.05, 0.1) is 17.2 Å². The van der Waals surface area contributed by atoms with Gasteiger partial charge in [-0.25, -0.2) is 4.39 Å². The normalized spacial score (nSPS) is 16.9. The number of H-pyrrole nitrogens is 1. The average Bonchev–Trinajstić information content (AvgIpc) is 3.55. The summed E-state index contributed by atoms with van der Waals surface area (Å²) < 4.78 is 16.6. The SMILES string of the molecule is Cn1cc(-c2cc(F)cc(N3CCc4c(sc5c4CCCC5)C3=O)c2CO)cc(Nc2cc(C3CNC3)[nH]n2)c1=O. The number of aryl methyl sites for hydroxylation is 2. The van der Waals surface area contributed by atoms with Crippen LogP contribution in [0.4, 0.5) is 21.6 Å². The van der Waals surface area contributed by atoms with Gasteiger partial charge in [-0.2, -0.15) is 5.10 Å². The maximum atomic E-state index is 15.2. The standard InChI is InChI=1S/C30H31FN6O3S/c1-36-14-16(8-24(29(36)39)33-27-11-23(34-35-27)17-12-32-13-17)21-9-18(31)10-25(22(21)15-38)37-7-6-20-19-4-2-3-5-26(19)41-28(20)30(37)40/h8-11,14,17,32,38H,2-7,12-13,15H2,1H3,(H2,33,34,35). The number of amides is 1. The number of anilines is 3. The molecular weight excluding hydrogens is 543 g/mol. The van der Waals surface area contributed by atoms with Gasteiger partial charge >= 0.3 is 0 Å². The number of pyridine rings is 1. The zero-order chi connectivity index (χ0) is 28.2. The van der Waals surface area contributed by atoms with Crippen molar-refractivity contribution in [3.63, 3.8) is 0 Å². The van der Waals surface area contributed by atoms with Gasteiger partial charge in [0.15, 0.2) is 5.82 Å². The van der Waals surface area contributed by atoms with Crippen LogP contribution in [0.3, 0.4) is 0 Å². The number of carbonyl (C=O) groups is 1. The lowest BCUT2D eigenvalue weighted by Crippen LogP contribution is -2.40.